The minimum absolute atomic E-state index is 0.109. The van der Waals surface area contributed by atoms with Crippen LogP contribution in [0, 0.1) is 0 Å². The van der Waals surface area contributed by atoms with Gasteiger partial charge in [0.15, 0.2) is 0 Å². The van der Waals surface area contributed by atoms with Gasteiger partial charge in [-0.3, -0.25) is 4.79 Å². The number of carbonyl (C=O) groups excluding carboxylic acids is 1. The Kier molecular flexibility index (Phi) is 5.12. The zero-order valence-electron chi connectivity index (χ0n) is 16.4. The number of piperazine rings is 1. The number of anilines is 3. The molecule has 0 aliphatic carbocycles. The number of fused-ring (bicyclic) bond motifs is 3. The van der Waals surface area contributed by atoms with Crippen molar-refractivity contribution >= 4 is 28.9 Å². The molecule has 1 N–H and O–H groups in total. The Bertz CT molecular complexity index is 1020. The SMILES string of the molecule is C=CC(=O)N1C[C@@H]2CN(c3ccc(C(F)(F)F)cc3)c3ccccc3N2C[C@@H]1C(=O)O. The van der Waals surface area contributed by atoms with Crippen molar-refractivity contribution in [2.75, 3.05) is 29.4 Å². The molecule has 0 radical (unpaired) electrons. The van der Waals surface area contributed by atoms with E-state index in [0.29, 0.717) is 12.2 Å². The van der Waals surface area contributed by atoms with Gasteiger partial charge in [-0.1, -0.05) is 18.7 Å². The van der Waals surface area contributed by atoms with Crippen molar-refractivity contribution in [2.45, 2.75) is 18.3 Å². The summed E-state index contributed by atoms with van der Waals surface area (Å²) in [5.74, 6) is -1.57. The number of carboxylic acid groups (broad SMARTS) is 1. The van der Waals surface area contributed by atoms with E-state index in [1.807, 2.05) is 34.1 Å². The van der Waals surface area contributed by atoms with Crippen LogP contribution >= 0.6 is 0 Å². The molecule has 9 heteroatoms. The molecule has 2 heterocycles. The fourth-order valence-electron chi connectivity index (χ4n) is 4.23. The number of para-hydroxylation sites is 2. The van der Waals surface area contributed by atoms with Crippen LogP contribution in [0.15, 0.2) is 61.2 Å². The molecule has 0 aromatic heterocycles. The summed E-state index contributed by atoms with van der Waals surface area (Å²) in [6.07, 6.45) is -3.33. The topological polar surface area (TPSA) is 64.1 Å². The van der Waals surface area contributed by atoms with Gasteiger partial charge in [0, 0.05) is 25.3 Å². The van der Waals surface area contributed by atoms with Crippen LogP contribution in [0.1, 0.15) is 5.56 Å². The molecule has 1 saturated heterocycles. The molecule has 2 aliphatic rings. The summed E-state index contributed by atoms with van der Waals surface area (Å²) in [5, 5.41) is 9.66. The molecular weight excluding hydrogens is 411 g/mol. The van der Waals surface area contributed by atoms with Crippen LogP contribution in [0.3, 0.4) is 0 Å². The second-order valence-electron chi connectivity index (χ2n) is 7.50. The van der Waals surface area contributed by atoms with Gasteiger partial charge in [0.05, 0.1) is 23.0 Å². The van der Waals surface area contributed by atoms with E-state index >= 15 is 0 Å². The lowest BCUT2D eigenvalue weighted by atomic mass is 9.99. The summed E-state index contributed by atoms with van der Waals surface area (Å²) < 4.78 is 38.9. The van der Waals surface area contributed by atoms with E-state index in [2.05, 4.69) is 6.58 Å². The van der Waals surface area contributed by atoms with E-state index in [0.717, 1.165) is 29.6 Å². The highest BCUT2D eigenvalue weighted by atomic mass is 19.4. The third kappa shape index (κ3) is 3.71. The Balaban J connectivity index is 1.72. The third-order valence-corrected chi connectivity index (χ3v) is 5.72. The van der Waals surface area contributed by atoms with Crippen molar-refractivity contribution < 1.29 is 27.9 Å². The Hall–Kier alpha value is -3.49. The molecule has 2 atom stereocenters. The fraction of sp³-hybridized carbons (Fsp3) is 0.273. The number of halogens is 3. The van der Waals surface area contributed by atoms with Crippen molar-refractivity contribution in [3.8, 4) is 0 Å². The number of hydrogen-bond acceptors (Lipinski definition) is 4. The lowest BCUT2D eigenvalue weighted by molar-refractivity contribution is -0.149. The van der Waals surface area contributed by atoms with Crippen molar-refractivity contribution in [3.63, 3.8) is 0 Å². The molecule has 6 nitrogen and oxygen atoms in total. The summed E-state index contributed by atoms with van der Waals surface area (Å²) in [4.78, 5) is 29.2. The Labute approximate surface area is 176 Å². The minimum atomic E-state index is -4.42. The van der Waals surface area contributed by atoms with Gasteiger partial charge in [-0.25, -0.2) is 4.79 Å². The molecule has 1 amide bonds. The molecule has 1 fully saturated rings. The van der Waals surface area contributed by atoms with Crippen LogP contribution in [-0.2, 0) is 15.8 Å². The Morgan fingerprint density at radius 1 is 1.00 bits per heavy atom. The standard InChI is InChI=1S/C22H20F3N3O3/c1-2-20(29)28-12-16-11-26(15-9-7-14(8-10-15)22(23,24)25)17-5-3-4-6-18(17)27(16)13-19(28)21(30)31/h2-10,16,19H,1,11-13H2,(H,30,31)/t16-,19+/m0/s1. The monoisotopic (exact) mass is 431 g/mol. The molecule has 2 aliphatic heterocycles. The smallest absolute Gasteiger partial charge is 0.416 e. The van der Waals surface area contributed by atoms with Gasteiger partial charge >= 0.3 is 12.1 Å². The predicted molar refractivity (Wildman–Crippen MR) is 109 cm³/mol. The van der Waals surface area contributed by atoms with Crippen LogP contribution in [0.5, 0.6) is 0 Å². The molecule has 0 bridgehead atoms. The van der Waals surface area contributed by atoms with Crippen LogP contribution in [0.4, 0.5) is 30.2 Å². The number of carboxylic acids is 1. The molecule has 4 rings (SSSR count). The van der Waals surface area contributed by atoms with E-state index in [4.69, 9.17) is 0 Å². The van der Waals surface area contributed by atoms with Gasteiger partial charge in [-0.05, 0) is 42.5 Å². The quantitative estimate of drug-likeness (QED) is 0.754. The van der Waals surface area contributed by atoms with Crippen LogP contribution in [-0.4, -0.2) is 53.6 Å². The number of benzene rings is 2. The van der Waals surface area contributed by atoms with Crippen molar-refractivity contribution in [1.82, 2.24) is 4.90 Å². The van der Waals surface area contributed by atoms with Crippen molar-refractivity contribution in [3.05, 3.63) is 66.7 Å². The zero-order valence-corrected chi connectivity index (χ0v) is 16.4. The first-order valence-electron chi connectivity index (χ1n) is 9.67. The molecule has 0 saturated carbocycles. The van der Waals surface area contributed by atoms with Crippen molar-refractivity contribution in [2.24, 2.45) is 0 Å². The Morgan fingerprint density at radius 3 is 2.23 bits per heavy atom. The number of carbonyl (C=O) groups is 2. The summed E-state index contributed by atoms with van der Waals surface area (Å²) in [6, 6.07) is 11.0. The first-order chi connectivity index (χ1) is 14.7. The highest BCUT2D eigenvalue weighted by Crippen LogP contribution is 2.42. The lowest BCUT2D eigenvalue weighted by Crippen LogP contribution is -2.65. The molecule has 0 unspecified atom stereocenters. The molecule has 162 valence electrons. The average Bonchev–Trinajstić information content (AvgIpc) is 2.76. The normalized spacial score (nSPS) is 20.7. The van der Waals surface area contributed by atoms with Gasteiger partial charge in [0.25, 0.3) is 0 Å². The third-order valence-electron chi connectivity index (χ3n) is 5.72. The number of rotatable bonds is 3. The highest BCUT2D eigenvalue weighted by Gasteiger charge is 2.43. The number of nitrogens with zero attached hydrogens (tertiary/aromatic N) is 3. The largest absolute Gasteiger partial charge is 0.480 e. The van der Waals surface area contributed by atoms with E-state index in [-0.39, 0.29) is 19.1 Å². The zero-order chi connectivity index (χ0) is 22.3. The van der Waals surface area contributed by atoms with Crippen LogP contribution in [0.2, 0.25) is 0 Å². The first-order valence-corrected chi connectivity index (χ1v) is 9.67. The molecule has 2 aromatic rings. The maximum absolute atomic E-state index is 13.0. The predicted octanol–water partition coefficient (Wildman–Crippen LogP) is 3.51. The van der Waals surface area contributed by atoms with Gasteiger partial charge in [0.1, 0.15) is 6.04 Å². The fourth-order valence-corrected chi connectivity index (χ4v) is 4.23. The number of alkyl halides is 3. The summed E-state index contributed by atoms with van der Waals surface area (Å²) in [7, 11) is 0. The maximum Gasteiger partial charge on any atom is 0.416 e. The van der Waals surface area contributed by atoms with E-state index in [1.54, 1.807) is 0 Å². The molecule has 0 spiro atoms. The van der Waals surface area contributed by atoms with Gasteiger partial charge < -0.3 is 19.8 Å². The summed E-state index contributed by atoms with van der Waals surface area (Å²) in [5.41, 5.74) is 1.40. The highest BCUT2D eigenvalue weighted by molar-refractivity contribution is 5.92. The van der Waals surface area contributed by atoms with Crippen LogP contribution < -0.4 is 9.80 Å². The van der Waals surface area contributed by atoms with Crippen molar-refractivity contribution in [1.29, 1.82) is 0 Å². The number of amides is 1. The van der Waals surface area contributed by atoms with Gasteiger partial charge in [0.2, 0.25) is 5.91 Å². The molecule has 31 heavy (non-hydrogen) atoms. The van der Waals surface area contributed by atoms with Crippen LogP contribution in [0.25, 0.3) is 0 Å². The minimum Gasteiger partial charge on any atom is -0.480 e. The van der Waals surface area contributed by atoms with E-state index < -0.39 is 29.7 Å². The number of hydrogen-bond donors (Lipinski definition) is 1. The molecule has 2 aromatic carbocycles. The van der Waals surface area contributed by atoms with Gasteiger partial charge in [-0.2, -0.15) is 13.2 Å². The maximum atomic E-state index is 13.0. The lowest BCUT2D eigenvalue weighted by Gasteiger charge is -2.51. The summed E-state index contributed by atoms with van der Waals surface area (Å²) in [6.45, 7) is 4.11. The summed E-state index contributed by atoms with van der Waals surface area (Å²) >= 11 is 0. The molecular formula is C22H20F3N3O3. The van der Waals surface area contributed by atoms with E-state index in [9.17, 15) is 27.9 Å². The average molecular weight is 431 g/mol. The first kappa shape index (κ1) is 20.8. The second-order valence-corrected chi connectivity index (χ2v) is 7.50. The Morgan fingerprint density at radius 2 is 1.65 bits per heavy atom. The number of aliphatic carboxylic acids is 1. The second kappa shape index (κ2) is 7.64. The van der Waals surface area contributed by atoms with E-state index in [1.165, 1.54) is 17.0 Å². The van der Waals surface area contributed by atoms with Gasteiger partial charge in [-0.15, -0.1) is 0 Å².